The fourth-order valence-corrected chi connectivity index (χ4v) is 4.59. The van der Waals surface area contributed by atoms with Gasteiger partial charge in [-0.05, 0) is 30.2 Å². The molecule has 0 saturated heterocycles. The summed E-state index contributed by atoms with van der Waals surface area (Å²) >= 11 is 12.6. The molecule has 0 amide bonds. The van der Waals surface area contributed by atoms with Crippen molar-refractivity contribution in [3.8, 4) is 33.8 Å². The summed E-state index contributed by atoms with van der Waals surface area (Å²) in [5.41, 5.74) is 8.43. The smallest absolute Gasteiger partial charge is 0.179 e. The molecule has 7 heteroatoms. The van der Waals surface area contributed by atoms with Crippen LogP contribution in [0.1, 0.15) is 5.56 Å². The third kappa shape index (κ3) is 3.79. The second kappa shape index (κ2) is 8.69. The Morgan fingerprint density at radius 1 is 0.600 bits per heavy atom. The van der Waals surface area contributed by atoms with Crippen LogP contribution in [0.15, 0.2) is 85.2 Å². The van der Waals surface area contributed by atoms with Crippen LogP contribution in [0.2, 0.25) is 10.0 Å². The molecule has 0 saturated carbocycles. The van der Waals surface area contributed by atoms with Gasteiger partial charge in [-0.2, -0.15) is 0 Å². The van der Waals surface area contributed by atoms with Gasteiger partial charge in [-0.25, -0.2) is 19.9 Å². The van der Waals surface area contributed by atoms with Gasteiger partial charge in [-0.3, -0.25) is 4.98 Å². The third-order valence-electron chi connectivity index (χ3n) is 5.90. The van der Waals surface area contributed by atoms with Crippen LogP contribution in [0.5, 0.6) is 0 Å². The van der Waals surface area contributed by atoms with Crippen LogP contribution >= 0.6 is 23.2 Å². The van der Waals surface area contributed by atoms with Gasteiger partial charge >= 0.3 is 0 Å². The molecule has 3 aromatic carbocycles. The predicted molar refractivity (Wildman–Crippen MR) is 141 cm³/mol. The Balaban J connectivity index is 1.77. The lowest BCUT2D eigenvalue weighted by Gasteiger charge is -2.17. The minimum absolute atomic E-state index is 0.420. The first-order valence-electron chi connectivity index (χ1n) is 11.0. The van der Waals surface area contributed by atoms with Crippen LogP contribution in [-0.4, -0.2) is 24.9 Å². The molecule has 35 heavy (non-hydrogen) atoms. The summed E-state index contributed by atoms with van der Waals surface area (Å²) in [5.74, 6) is 0. The zero-order valence-electron chi connectivity index (χ0n) is 18.6. The van der Waals surface area contributed by atoms with E-state index in [1.807, 2.05) is 55.5 Å². The monoisotopic (exact) mass is 493 g/mol. The van der Waals surface area contributed by atoms with E-state index in [-0.39, 0.29) is 0 Å². The standard InChI is InChI=1S/C28H17Cl2N5/c1-16-23(17-8-4-2-5-9-17)26(35-28-24(16)31-12-13-32-28)27-25(18-10-6-3-7-11-18)33-21-14-19(29)20(30)15-22(21)34-27/h2-15H,1H3. The maximum atomic E-state index is 6.34. The number of hydrogen-bond acceptors (Lipinski definition) is 5. The maximum Gasteiger partial charge on any atom is 0.179 e. The summed E-state index contributed by atoms with van der Waals surface area (Å²) in [7, 11) is 0. The summed E-state index contributed by atoms with van der Waals surface area (Å²) in [6.07, 6.45) is 3.33. The van der Waals surface area contributed by atoms with Crippen molar-refractivity contribution in [3.63, 3.8) is 0 Å². The number of fused-ring (bicyclic) bond motifs is 2. The van der Waals surface area contributed by atoms with Crippen LogP contribution in [0.25, 0.3) is 56.0 Å². The van der Waals surface area contributed by atoms with Crippen molar-refractivity contribution in [2.24, 2.45) is 0 Å². The molecule has 5 nitrogen and oxygen atoms in total. The lowest BCUT2D eigenvalue weighted by atomic mass is 9.94. The van der Waals surface area contributed by atoms with Crippen molar-refractivity contribution in [2.45, 2.75) is 6.92 Å². The van der Waals surface area contributed by atoms with E-state index < -0.39 is 0 Å². The quantitative estimate of drug-likeness (QED) is 0.254. The molecule has 6 aromatic rings. The van der Waals surface area contributed by atoms with Crippen molar-refractivity contribution < 1.29 is 0 Å². The largest absolute Gasteiger partial charge is 0.251 e. The van der Waals surface area contributed by atoms with Gasteiger partial charge in [-0.15, -0.1) is 0 Å². The summed E-state index contributed by atoms with van der Waals surface area (Å²) in [6.45, 7) is 2.04. The van der Waals surface area contributed by atoms with Crippen LogP contribution in [0, 0.1) is 6.92 Å². The minimum Gasteiger partial charge on any atom is -0.251 e. The maximum absolute atomic E-state index is 6.34. The van der Waals surface area contributed by atoms with E-state index >= 15 is 0 Å². The zero-order valence-corrected chi connectivity index (χ0v) is 20.1. The van der Waals surface area contributed by atoms with E-state index in [1.54, 1.807) is 24.5 Å². The molecule has 0 aliphatic heterocycles. The highest BCUT2D eigenvalue weighted by molar-refractivity contribution is 6.42. The fourth-order valence-electron chi connectivity index (χ4n) is 4.28. The van der Waals surface area contributed by atoms with Gasteiger partial charge in [0, 0.05) is 23.5 Å². The number of benzene rings is 3. The first-order chi connectivity index (χ1) is 17.1. The molecule has 168 valence electrons. The van der Waals surface area contributed by atoms with Crippen LogP contribution in [0.3, 0.4) is 0 Å². The first kappa shape index (κ1) is 21.6. The van der Waals surface area contributed by atoms with E-state index in [1.165, 1.54) is 0 Å². The lowest BCUT2D eigenvalue weighted by Crippen LogP contribution is -2.03. The number of hydrogen-bond donors (Lipinski definition) is 0. The van der Waals surface area contributed by atoms with E-state index in [4.69, 9.17) is 38.2 Å². The van der Waals surface area contributed by atoms with Gasteiger partial charge in [0.1, 0.15) is 16.9 Å². The Morgan fingerprint density at radius 2 is 1.17 bits per heavy atom. The van der Waals surface area contributed by atoms with E-state index in [2.05, 4.69) is 22.1 Å². The first-order valence-corrected chi connectivity index (χ1v) is 11.7. The molecular formula is C28H17Cl2N5. The number of nitrogens with zero attached hydrogens (tertiary/aromatic N) is 5. The van der Waals surface area contributed by atoms with E-state index in [9.17, 15) is 0 Å². The predicted octanol–water partition coefficient (Wildman–Crippen LogP) is 7.58. The molecule has 0 unspecified atom stereocenters. The molecule has 6 rings (SSSR count). The number of halogens is 2. The lowest BCUT2D eigenvalue weighted by molar-refractivity contribution is 1.19. The Hall–Kier alpha value is -3.93. The van der Waals surface area contributed by atoms with Crippen molar-refractivity contribution in [2.75, 3.05) is 0 Å². The Kier molecular flexibility index (Phi) is 5.36. The van der Waals surface area contributed by atoms with Crippen molar-refractivity contribution in [1.82, 2.24) is 24.9 Å². The number of aromatic nitrogens is 5. The third-order valence-corrected chi connectivity index (χ3v) is 6.63. The van der Waals surface area contributed by atoms with Gasteiger partial charge in [0.25, 0.3) is 0 Å². The molecule has 0 radical (unpaired) electrons. The molecule has 0 aliphatic carbocycles. The SMILES string of the molecule is Cc1c(-c2ccccc2)c(-c2nc3cc(Cl)c(Cl)cc3nc2-c2ccccc2)nc2nccnc12. The highest BCUT2D eigenvalue weighted by Crippen LogP contribution is 2.40. The Bertz CT molecular complexity index is 1720. The Morgan fingerprint density at radius 3 is 1.83 bits per heavy atom. The topological polar surface area (TPSA) is 64.5 Å². The second-order valence-corrected chi connectivity index (χ2v) is 8.91. The summed E-state index contributed by atoms with van der Waals surface area (Å²) < 4.78 is 0. The van der Waals surface area contributed by atoms with Crippen LogP contribution < -0.4 is 0 Å². The van der Waals surface area contributed by atoms with Gasteiger partial charge in [0.05, 0.1) is 26.8 Å². The van der Waals surface area contributed by atoms with E-state index in [0.717, 1.165) is 27.8 Å². The molecular weight excluding hydrogens is 477 g/mol. The average molecular weight is 494 g/mol. The normalized spacial score (nSPS) is 11.3. The number of rotatable bonds is 3. The summed E-state index contributed by atoms with van der Waals surface area (Å²) in [6, 6.07) is 23.5. The van der Waals surface area contributed by atoms with Gasteiger partial charge in [0.15, 0.2) is 5.65 Å². The number of pyridine rings is 1. The zero-order chi connectivity index (χ0) is 23.9. The van der Waals surface area contributed by atoms with Crippen molar-refractivity contribution in [3.05, 3.63) is 101 Å². The molecule has 3 heterocycles. The van der Waals surface area contributed by atoms with E-state index in [0.29, 0.717) is 43.8 Å². The van der Waals surface area contributed by atoms with Gasteiger partial charge < -0.3 is 0 Å². The molecule has 0 fully saturated rings. The van der Waals surface area contributed by atoms with Crippen molar-refractivity contribution >= 4 is 45.4 Å². The second-order valence-electron chi connectivity index (χ2n) is 8.10. The van der Waals surface area contributed by atoms with Gasteiger partial charge in [0.2, 0.25) is 0 Å². The number of aryl methyl sites for hydroxylation is 1. The fraction of sp³-hybridized carbons (Fsp3) is 0.0357. The average Bonchev–Trinajstić information content (AvgIpc) is 2.90. The highest BCUT2D eigenvalue weighted by atomic mass is 35.5. The molecule has 0 bridgehead atoms. The Labute approximate surface area is 211 Å². The molecule has 0 atom stereocenters. The van der Waals surface area contributed by atoms with Gasteiger partial charge in [-0.1, -0.05) is 83.9 Å². The van der Waals surface area contributed by atoms with Crippen LogP contribution in [0.4, 0.5) is 0 Å². The molecule has 0 spiro atoms. The summed E-state index contributed by atoms with van der Waals surface area (Å²) in [5, 5.41) is 0.851. The minimum atomic E-state index is 0.420. The van der Waals surface area contributed by atoms with Crippen LogP contribution in [-0.2, 0) is 0 Å². The summed E-state index contributed by atoms with van der Waals surface area (Å²) in [4.78, 5) is 24.1. The molecule has 0 aliphatic rings. The molecule has 3 aromatic heterocycles. The van der Waals surface area contributed by atoms with Crippen molar-refractivity contribution in [1.29, 1.82) is 0 Å². The highest BCUT2D eigenvalue weighted by Gasteiger charge is 2.22. The molecule has 0 N–H and O–H groups in total.